The number of carbonyl (C=O) groups excluding carboxylic acids is 1. The first-order valence-corrected chi connectivity index (χ1v) is 6.98. The highest BCUT2D eigenvalue weighted by atomic mass is 16.2. The van der Waals surface area contributed by atoms with E-state index in [1.165, 1.54) is 25.9 Å². The van der Waals surface area contributed by atoms with Crippen LogP contribution in [0.25, 0.3) is 0 Å². The largest absolute Gasteiger partial charge is 0.327 e. The Bertz CT molecular complexity index is 263. The lowest BCUT2D eigenvalue weighted by atomic mass is 10.1. The van der Waals surface area contributed by atoms with E-state index in [0.29, 0.717) is 11.9 Å². The van der Waals surface area contributed by atoms with Gasteiger partial charge in [-0.3, -0.25) is 15.0 Å². The van der Waals surface area contributed by atoms with Crippen LogP contribution in [0.4, 0.5) is 0 Å². The topological polar surface area (TPSA) is 35.6 Å². The summed E-state index contributed by atoms with van der Waals surface area (Å²) in [4.78, 5) is 16.6. The van der Waals surface area contributed by atoms with Crippen molar-refractivity contribution in [1.29, 1.82) is 0 Å². The number of rotatable bonds is 5. The average Bonchev–Trinajstić information content (AvgIpc) is 2.94. The van der Waals surface area contributed by atoms with Crippen molar-refractivity contribution >= 4 is 5.91 Å². The van der Waals surface area contributed by atoms with E-state index in [2.05, 4.69) is 24.1 Å². The van der Waals surface area contributed by atoms with Gasteiger partial charge in [-0.25, -0.2) is 0 Å². The van der Waals surface area contributed by atoms with Crippen molar-refractivity contribution in [3.8, 4) is 0 Å². The van der Waals surface area contributed by atoms with Gasteiger partial charge in [-0.2, -0.15) is 0 Å². The normalized spacial score (nSPS) is 28.0. The van der Waals surface area contributed by atoms with Crippen LogP contribution < -0.4 is 5.32 Å². The smallest absolute Gasteiger partial charge is 0.240 e. The van der Waals surface area contributed by atoms with Crippen LogP contribution in [-0.4, -0.2) is 54.1 Å². The maximum atomic E-state index is 12.1. The molecule has 0 radical (unpaired) electrons. The number of likely N-dealkylation sites (tertiary alicyclic amines) is 1. The van der Waals surface area contributed by atoms with E-state index in [-0.39, 0.29) is 6.04 Å². The fourth-order valence-corrected chi connectivity index (χ4v) is 2.89. The SMILES string of the molecule is CCCC1NCN(CC(C)N2CCCC2)C1=O. The van der Waals surface area contributed by atoms with Crippen LogP contribution in [0.15, 0.2) is 0 Å². The van der Waals surface area contributed by atoms with Crippen LogP contribution in [0.5, 0.6) is 0 Å². The van der Waals surface area contributed by atoms with Crippen LogP contribution >= 0.6 is 0 Å². The third kappa shape index (κ3) is 2.99. The molecule has 4 nitrogen and oxygen atoms in total. The van der Waals surface area contributed by atoms with E-state index < -0.39 is 0 Å². The molecule has 4 heteroatoms. The van der Waals surface area contributed by atoms with Crippen molar-refractivity contribution in [2.24, 2.45) is 0 Å². The molecule has 17 heavy (non-hydrogen) atoms. The standard InChI is InChI=1S/C13H25N3O/c1-3-6-12-13(17)16(10-14-12)9-11(2)15-7-4-5-8-15/h11-12,14H,3-10H2,1-2H3. The van der Waals surface area contributed by atoms with Crippen LogP contribution in [0.3, 0.4) is 0 Å². The molecule has 2 atom stereocenters. The lowest BCUT2D eigenvalue weighted by Crippen LogP contribution is -2.42. The molecule has 1 amide bonds. The first-order chi connectivity index (χ1) is 8.22. The van der Waals surface area contributed by atoms with E-state index in [4.69, 9.17) is 0 Å². The van der Waals surface area contributed by atoms with Gasteiger partial charge in [0.15, 0.2) is 0 Å². The van der Waals surface area contributed by atoms with E-state index in [0.717, 1.165) is 26.1 Å². The van der Waals surface area contributed by atoms with Crippen LogP contribution in [0.1, 0.15) is 39.5 Å². The molecule has 1 N–H and O–H groups in total. The number of nitrogens with zero attached hydrogens (tertiary/aromatic N) is 2. The third-order valence-corrected chi connectivity index (χ3v) is 3.96. The summed E-state index contributed by atoms with van der Waals surface area (Å²) in [6.07, 6.45) is 4.66. The van der Waals surface area contributed by atoms with Gasteiger partial charge in [0.25, 0.3) is 0 Å². The van der Waals surface area contributed by atoms with Crippen molar-refractivity contribution in [3.05, 3.63) is 0 Å². The average molecular weight is 239 g/mol. The fourth-order valence-electron chi connectivity index (χ4n) is 2.89. The second kappa shape index (κ2) is 5.83. The van der Waals surface area contributed by atoms with Gasteiger partial charge in [-0.15, -0.1) is 0 Å². The van der Waals surface area contributed by atoms with Gasteiger partial charge in [0.2, 0.25) is 5.91 Å². The molecule has 0 aromatic rings. The van der Waals surface area contributed by atoms with E-state index >= 15 is 0 Å². The molecule has 0 aromatic heterocycles. The van der Waals surface area contributed by atoms with Crippen LogP contribution in [-0.2, 0) is 4.79 Å². The molecule has 98 valence electrons. The molecule has 2 saturated heterocycles. The summed E-state index contributed by atoms with van der Waals surface area (Å²) in [6, 6.07) is 0.578. The van der Waals surface area contributed by atoms with E-state index in [1.807, 2.05) is 4.90 Å². The van der Waals surface area contributed by atoms with Crippen molar-refractivity contribution in [2.45, 2.75) is 51.6 Å². The zero-order chi connectivity index (χ0) is 12.3. The van der Waals surface area contributed by atoms with Gasteiger partial charge < -0.3 is 4.90 Å². The third-order valence-electron chi connectivity index (χ3n) is 3.96. The molecule has 2 unspecified atom stereocenters. The Morgan fingerprint density at radius 3 is 2.76 bits per heavy atom. The van der Waals surface area contributed by atoms with Crippen LogP contribution in [0, 0.1) is 0 Å². The van der Waals surface area contributed by atoms with Crippen molar-refractivity contribution in [2.75, 3.05) is 26.3 Å². The number of hydrogen-bond acceptors (Lipinski definition) is 3. The first-order valence-electron chi connectivity index (χ1n) is 6.98. The molecule has 2 heterocycles. The van der Waals surface area contributed by atoms with Gasteiger partial charge in [0.05, 0.1) is 12.7 Å². The lowest BCUT2D eigenvalue weighted by Gasteiger charge is -2.28. The maximum Gasteiger partial charge on any atom is 0.240 e. The van der Waals surface area contributed by atoms with E-state index in [1.54, 1.807) is 0 Å². The zero-order valence-electron chi connectivity index (χ0n) is 11.1. The molecule has 0 bridgehead atoms. The number of carbonyl (C=O) groups is 1. The summed E-state index contributed by atoms with van der Waals surface area (Å²) in [6.45, 7) is 8.40. The minimum Gasteiger partial charge on any atom is -0.327 e. The molecular weight excluding hydrogens is 214 g/mol. The summed E-state index contributed by atoms with van der Waals surface area (Å²) < 4.78 is 0. The highest BCUT2D eigenvalue weighted by Crippen LogP contribution is 2.15. The second-order valence-electron chi connectivity index (χ2n) is 5.36. The monoisotopic (exact) mass is 239 g/mol. The summed E-state index contributed by atoms with van der Waals surface area (Å²) >= 11 is 0. The molecule has 2 aliphatic rings. The predicted molar refractivity (Wildman–Crippen MR) is 68.7 cm³/mol. The van der Waals surface area contributed by atoms with Gasteiger partial charge >= 0.3 is 0 Å². The Balaban J connectivity index is 1.81. The van der Waals surface area contributed by atoms with Gasteiger partial charge in [0, 0.05) is 12.6 Å². The van der Waals surface area contributed by atoms with Crippen LogP contribution in [0.2, 0.25) is 0 Å². The quantitative estimate of drug-likeness (QED) is 0.778. The number of amides is 1. The molecule has 0 saturated carbocycles. The van der Waals surface area contributed by atoms with Crippen molar-refractivity contribution in [3.63, 3.8) is 0 Å². The first kappa shape index (κ1) is 12.8. The Morgan fingerprint density at radius 1 is 1.41 bits per heavy atom. The minimum atomic E-state index is 0.0748. The highest BCUT2D eigenvalue weighted by molar-refractivity contribution is 5.83. The zero-order valence-corrected chi connectivity index (χ0v) is 11.1. The summed E-state index contributed by atoms with van der Waals surface area (Å²) in [7, 11) is 0. The predicted octanol–water partition coefficient (Wildman–Crippen LogP) is 1.03. The Kier molecular flexibility index (Phi) is 4.40. The second-order valence-corrected chi connectivity index (χ2v) is 5.36. The molecule has 0 spiro atoms. The van der Waals surface area contributed by atoms with Gasteiger partial charge in [-0.1, -0.05) is 13.3 Å². The minimum absolute atomic E-state index is 0.0748. The molecule has 0 aromatic carbocycles. The summed E-state index contributed by atoms with van der Waals surface area (Å²) in [5.41, 5.74) is 0. The Hall–Kier alpha value is -0.610. The number of hydrogen-bond donors (Lipinski definition) is 1. The lowest BCUT2D eigenvalue weighted by molar-refractivity contribution is -0.129. The fraction of sp³-hybridized carbons (Fsp3) is 0.923. The molecule has 0 aliphatic carbocycles. The Labute approximate surface area is 104 Å². The molecule has 2 fully saturated rings. The highest BCUT2D eigenvalue weighted by Gasteiger charge is 2.32. The molecular formula is C13H25N3O. The van der Waals surface area contributed by atoms with Crippen molar-refractivity contribution < 1.29 is 4.79 Å². The molecule has 2 aliphatic heterocycles. The van der Waals surface area contributed by atoms with Gasteiger partial charge in [-0.05, 0) is 39.3 Å². The van der Waals surface area contributed by atoms with Gasteiger partial charge in [0.1, 0.15) is 0 Å². The summed E-state index contributed by atoms with van der Waals surface area (Å²) in [5, 5.41) is 3.31. The molecule has 2 rings (SSSR count). The Morgan fingerprint density at radius 2 is 2.12 bits per heavy atom. The van der Waals surface area contributed by atoms with E-state index in [9.17, 15) is 4.79 Å². The summed E-state index contributed by atoms with van der Waals surface area (Å²) in [5.74, 6) is 0.304. The maximum absolute atomic E-state index is 12.1. The van der Waals surface area contributed by atoms with Crippen molar-refractivity contribution in [1.82, 2.24) is 15.1 Å². The number of nitrogens with one attached hydrogen (secondary N) is 1.